The number of rotatable bonds is 4. The Bertz CT molecular complexity index is 521. The predicted octanol–water partition coefficient (Wildman–Crippen LogP) is 2.71. The Balaban J connectivity index is 2.19. The van der Waals surface area contributed by atoms with Crippen LogP contribution in [0.3, 0.4) is 0 Å². The molecule has 96 valence electrons. The smallest absolute Gasteiger partial charge is 0.138 e. The third-order valence-electron chi connectivity index (χ3n) is 2.84. The fourth-order valence-corrected chi connectivity index (χ4v) is 2.72. The fourth-order valence-electron chi connectivity index (χ4n) is 1.93. The maximum Gasteiger partial charge on any atom is 0.138 e. The van der Waals surface area contributed by atoms with E-state index in [9.17, 15) is 0 Å². The Hall–Kier alpha value is -0.950. The van der Waals surface area contributed by atoms with Gasteiger partial charge in [0.15, 0.2) is 0 Å². The molecule has 0 aliphatic carbocycles. The molecule has 1 atom stereocenters. The molecule has 1 aromatic heterocycles. The van der Waals surface area contributed by atoms with Crippen LogP contribution in [0.15, 0.2) is 30.6 Å². The van der Waals surface area contributed by atoms with Crippen LogP contribution in [0.25, 0.3) is 0 Å². The van der Waals surface area contributed by atoms with E-state index < -0.39 is 0 Å². The number of nitrogens with two attached hydrogens (primary N) is 1. The summed E-state index contributed by atoms with van der Waals surface area (Å²) < 4.78 is 3.12. The van der Waals surface area contributed by atoms with Crippen molar-refractivity contribution in [3.05, 3.63) is 45.6 Å². The summed E-state index contributed by atoms with van der Waals surface area (Å²) in [7, 11) is 0. The zero-order valence-corrected chi connectivity index (χ0v) is 12.7. The molecule has 1 unspecified atom stereocenters. The maximum absolute atomic E-state index is 6.27. The molecule has 5 heteroatoms. The molecule has 2 aromatic rings. The molecule has 1 aromatic carbocycles. The largest absolute Gasteiger partial charge is 0.324 e. The predicted molar refractivity (Wildman–Crippen MR) is 80.2 cm³/mol. The monoisotopic (exact) mass is 356 g/mol. The number of nitrogens with zero attached hydrogens (tertiary/aromatic N) is 3. The van der Waals surface area contributed by atoms with Crippen LogP contribution >= 0.6 is 22.6 Å². The van der Waals surface area contributed by atoms with Gasteiger partial charge in [-0.3, -0.25) is 0 Å². The standard InChI is InChI=1S/C13H17IN4/c1-9(2)18-13(16-8-17-18)7-12(15)10-5-3-4-6-11(10)14/h3-6,8-9,12H,7,15H2,1-2H3. The van der Waals surface area contributed by atoms with Gasteiger partial charge in [-0.15, -0.1) is 0 Å². The van der Waals surface area contributed by atoms with Gasteiger partial charge in [0, 0.05) is 22.1 Å². The minimum atomic E-state index is -0.0419. The lowest BCUT2D eigenvalue weighted by Gasteiger charge is -2.15. The Morgan fingerprint density at radius 2 is 2.06 bits per heavy atom. The maximum atomic E-state index is 6.27. The summed E-state index contributed by atoms with van der Waals surface area (Å²) in [6.07, 6.45) is 2.30. The molecular formula is C13H17IN4. The van der Waals surface area contributed by atoms with E-state index in [1.807, 2.05) is 16.8 Å². The van der Waals surface area contributed by atoms with Crippen molar-refractivity contribution in [2.75, 3.05) is 0 Å². The van der Waals surface area contributed by atoms with Gasteiger partial charge in [-0.1, -0.05) is 18.2 Å². The summed E-state index contributed by atoms with van der Waals surface area (Å²) in [4.78, 5) is 4.30. The summed E-state index contributed by atoms with van der Waals surface area (Å²) in [6.45, 7) is 4.19. The molecule has 0 spiro atoms. The molecule has 18 heavy (non-hydrogen) atoms. The zero-order chi connectivity index (χ0) is 13.1. The van der Waals surface area contributed by atoms with Crippen LogP contribution in [-0.4, -0.2) is 14.8 Å². The van der Waals surface area contributed by atoms with Crippen LogP contribution in [0, 0.1) is 3.57 Å². The lowest BCUT2D eigenvalue weighted by Crippen LogP contribution is -2.18. The molecule has 4 nitrogen and oxygen atoms in total. The van der Waals surface area contributed by atoms with Crippen molar-refractivity contribution in [1.82, 2.24) is 14.8 Å². The summed E-state index contributed by atoms with van der Waals surface area (Å²) in [6, 6.07) is 8.45. The molecule has 0 radical (unpaired) electrons. The third-order valence-corrected chi connectivity index (χ3v) is 3.83. The zero-order valence-electron chi connectivity index (χ0n) is 10.5. The molecule has 0 aliphatic rings. The number of hydrogen-bond donors (Lipinski definition) is 1. The fraction of sp³-hybridized carbons (Fsp3) is 0.385. The number of aromatic nitrogens is 3. The molecule has 0 bridgehead atoms. The Morgan fingerprint density at radius 3 is 2.72 bits per heavy atom. The minimum Gasteiger partial charge on any atom is -0.324 e. The Morgan fingerprint density at radius 1 is 1.33 bits per heavy atom. The first kappa shape index (κ1) is 13.5. The van der Waals surface area contributed by atoms with E-state index in [0.717, 1.165) is 11.4 Å². The molecule has 1 heterocycles. The van der Waals surface area contributed by atoms with Crippen LogP contribution in [0.2, 0.25) is 0 Å². The lowest BCUT2D eigenvalue weighted by molar-refractivity contribution is 0.493. The highest BCUT2D eigenvalue weighted by atomic mass is 127. The molecular weight excluding hydrogens is 339 g/mol. The second-order valence-electron chi connectivity index (χ2n) is 4.55. The van der Waals surface area contributed by atoms with Crippen LogP contribution < -0.4 is 5.73 Å². The third kappa shape index (κ3) is 2.89. The van der Waals surface area contributed by atoms with Crippen molar-refractivity contribution in [3.63, 3.8) is 0 Å². The van der Waals surface area contributed by atoms with Crippen LogP contribution in [-0.2, 0) is 6.42 Å². The molecule has 2 rings (SSSR count). The molecule has 2 N–H and O–H groups in total. The van der Waals surface area contributed by atoms with Gasteiger partial charge in [0.1, 0.15) is 12.2 Å². The molecule has 0 fully saturated rings. The normalized spacial score (nSPS) is 12.9. The minimum absolute atomic E-state index is 0.0419. The first-order chi connectivity index (χ1) is 8.59. The average molecular weight is 356 g/mol. The van der Waals surface area contributed by atoms with Crippen molar-refractivity contribution in [2.24, 2.45) is 5.73 Å². The quantitative estimate of drug-likeness (QED) is 0.857. The highest BCUT2D eigenvalue weighted by molar-refractivity contribution is 14.1. The van der Waals surface area contributed by atoms with E-state index in [0.29, 0.717) is 12.5 Å². The van der Waals surface area contributed by atoms with Crippen molar-refractivity contribution in [1.29, 1.82) is 0 Å². The molecule has 0 amide bonds. The second-order valence-corrected chi connectivity index (χ2v) is 5.71. The van der Waals surface area contributed by atoms with E-state index in [-0.39, 0.29) is 6.04 Å². The van der Waals surface area contributed by atoms with Gasteiger partial charge in [-0.25, -0.2) is 9.67 Å². The summed E-state index contributed by atoms with van der Waals surface area (Å²) in [5.74, 6) is 0.942. The highest BCUT2D eigenvalue weighted by Gasteiger charge is 2.15. The van der Waals surface area contributed by atoms with Crippen molar-refractivity contribution >= 4 is 22.6 Å². The van der Waals surface area contributed by atoms with Gasteiger partial charge in [-0.05, 0) is 48.1 Å². The Labute approximate surface area is 121 Å². The van der Waals surface area contributed by atoms with Crippen molar-refractivity contribution in [2.45, 2.75) is 32.4 Å². The topological polar surface area (TPSA) is 56.7 Å². The van der Waals surface area contributed by atoms with E-state index >= 15 is 0 Å². The van der Waals surface area contributed by atoms with Gasteiger partial charge in [0.05, 0.1) is 0 Å². The van der Waals surface area contributed by atoms with Gasteiger partial charge in [-0.2, -0.15) is 5.10 Å². The number of hydrogen-bond acceptors (Lipinski definition) is 3. The van der Waals surface area contributed by atoms with E-state index in [1.54, 1.807) is 6.33 Å². The lowest BCUT2D eigenvalue weighted by atomic mass is 10.0. The van der Waals surface area contributed by atoms with E-state index in [2.05, 4.69) is 58.7 Å². The van der Waals surface area contributed by atoms with E-state index in [1.165, 1.54) is 3.57 Å². The number of halogens is 1. The van der Waals surface area contributed by atoms with Gasteiger partial charge in [0.2, 0.25) is 0 Å². The van der Waals surface area contributed by atoms with Crippen molar-refractivity contribution < 1.29 is 0 Å². The summed E-state index contributed by atoms with van der Waals surface area (Å²) in [5.41, 5.74) is 7.43. The molecule has 0 saturated carbocycles. The van der Waals surface area contributed by atoms with Crippen LogP contribution in [0.4, 0.5) is 0 Å². The molecule has 0 aliphatic heterocycles. The van der Waals surface area contributed by atoms with Crippen LogP contribution in [0.1, 0.15) is 37.3 Å². The van der Waals surface area contributed by atoms with Crippen molar-refractivity contribution in [3.8, 4) is 0 Å². The Kier molecular flexibility index (Phi) is 4.34. The van der Waals surface area contributed by atoms with Gasteiger partial charge < -0.3 is 5.73 Å². The second kappa shape index (κ2) is 5.79. The molecule has 0 saturated heterocycles. The van der Waals surface area contributed by atoms with E-state index in [4.69, 9.17) is 5.73 Å². The first-order valence-corrected chi connectivity index (χ1v) is 7.06. The first-order valence-electron chi connectivity index (χ1n) is 5.98. The average Bonchev–Trinajstić information content (AvgIpc) is 2.77. The number of benzene rings is 1. The summed E-state index contributed by atoms with van der Waals surface area (Å²) >= 11 is 2.32. The van der Waals surface area contributed by atoms with Crippen LogP contribution in [0.5, 0.6) is 0 Å². The SMILES string of the molecule is CC(C)n1ncnc1CC(N)c1ccccc1I. The van der Waals surface area contributed by atoms with Gasteiger partial charge >= 0.3 is 0 Å². The highest BCUT2D eigenvalue weighted by Crippen LogP contribution is 2.21. The summed E-state index contributed by atoms with van der Waals surface area (Å²) in [5, 5.41) is 4.23. The van der Waals surface area contributed by atoms with Gasteiger partial charge in [0.25, 0.3) is 0 Å².